The van der Waals surface area contributed by atoms with Crippen molar-refractivity contribution < 1.29 is 139 Å². The van der Waals surface area contributed by atoms with Crippen molar-refractivity contribution in [3.8, 4) is 0 Å². The van der Waals surface area contributed by atoms with Crippen molar-refractivity contribution in [2.24, 2.45) is 0 Å². The zero-order valence-corrected chi connectivity index (χ0v) is 40.4. The molecule has 6 fully saturated rings. The van der Waals surface area contributed by atoms with Crippen LogP contribution in [-0.4, -0.2) is 319 Å². The minimum atomic E-state index is -2.02. The van der Waals surface area contributed by atoms with E-state index in [2.05, 4.69) is 20.3 Å². The Bertz CT molecular complexity index is 2190. The minimum absolute atomic E-state index is 0.111. The van der Waals surface area contributed by atoms with E-state index in [9.17, 15) is 86.8 Å². The fraction of sp³-hybridized carbons (Fsp3) is 0.837. The summed E-state index contributed by atoms with van der Waals surface area (Å²) < 4.78 is 65.1. The molecule has 0 bridgehead atoms. The molecule has 6 saturated heterocycles. The monoisotopic (exact) mass is 1100 g/mol. The molecule has 6 aliphatic rings. The second kappa shape index (κ2) is 25.6. The van der Waals surface area contributed by atoms with E-state index in [-0.39, 0.29) is 30.1 Å². The highest BCUT2D eigenvalue weighted by atomic mass is 16.8. The maximum absolute atomic E-state index is 11.9. The maximum atomic E-state index is 11.9. The van der Waals surface area contributed by atoms with Gasteiger partial charge in [-0.2, -0.15) is 0 Å². The van der Waals surface area contributed by atoms with E-state index in [4.69, 9.17) is 52.1 Å². The Morgan fingerprint density at radius 1 is 0.487 bits per heavy atom. The van der Waals surface area contributed by atoms with Crippen LogP contribution in [0.1, 0.15) is 13.2 Å². The van der Waals surface area contributed by atoms with E-state index in [1.807, 2.05) is 0 Å². The average molecular weight is 1100 g/mol. The van der Waals surface area contributed by atoms with Crippen LogP contribution in [0.3, 0.4) is 0 Å². The van der Waals surface area contributed by atoms with Gasteiger partial charge >= 0.3 is 0 Å². The molecule has 8 rings (SSSR count). The molecule has 33 nitrogen and oxygen atoms in total. The molecule has 2 aromatic rings. The number of fused-ring (bicyclic) bond motifs is 1. The van der Waals surface area contributed by atoms with Crippen molar-refractivity contribution in [2.75, 3.05) is 58.1 Å². The fourth-order valence-corrected chi connectivity index (χ4v) is 9.59. The minimum Gasteiger partial charge on any atom is -0.394 e. The number of aromatic nitrogens is 4. The standard InChI is InChI=1S/C43H67N5O28/c1-13(2-3-44-36-20-37(46-11-45-36)48(12-47-20)38-27(61)23(57)14(4-49)67-38)10-66-39-31(65)34(33(19(9-54)71-39)74-40-28(62)24(58)17(7-52)69-40)75-42-30(64)32(18(8-53)72-42)73-43-35(26(60)22(56)16(6-51)70-43)76-41-29(63)25(59)21(55)15(5-50)68-41/h2,11-12,14-19,21-35,38-43,49-65H,3-10H2,1H3,(H,44,45,46)/b13-2+/t14-,15-,16-,17-,18-,19-,21+,22+,23-,24-,25+,26+,27-,28+,29-,30+,31-,32-,33+,34-,35-,38-,39-,40+,41+,42+,43+/m1/s1. The molecule has 0 spiro atoms. The van der Waals surface area contributed by atoms with Gasteiger partial charge in [-0.05, 0) is 12.5 Å². The Morgan fingerprint density at radius 3 is 1.57 bits per heavy atom. The number of anilines is 1. The van der Waals surface area contributed by atoms with Crippen LogP contribution in [0.4, 0.5) is 5.82 Å². The fourth-order valence-electron chi connectivity index (χ4n) is 9.59. The highest BCUT2D eigenvalue weighted by Crippen LogP contribution is 2.38. The quantitative estimate of drug-likeness (QED) is 0.0516. The van der Waals surface area contributed by atoms with Crippen molar-refractivity contribution in [1.82, 2.24) is 19.5 Å². The zero-order valence-electron chi connectivity index (χ0n) is 40.4. The van der Waals surface area contributed by atoms with E-state index in [0.717, 1.165) is 0 Å². The number of imidazole rings is 1. The summed E-state index contributed by atoms with van der Waals surface area (Å²) in [5, 5.41) is 182. The van der Waals surface area contributed by atoms with E-state index in [1.54, 1.807) is 13.0 Å². The first kappa shape index (κ1) is 59.1. The van der Waals surface area contributed by atoms with Gasteiger partial charge in [0.05, 0.1) is 52.6 Å². The van der Waals surface area contributed by atoms with Gasteiger partial charge in [0.2, 0.25) is 0 Å². The number of nitrogens with one attached hydrogen (secondary N) is 1. The summed E-state index contributed by atoms with van der Waals surface area (Å²) in [6.07, 6.45) is -41.4. The van der Waals surface area contributed by atoms with Gasteiger partial charge in [0.1, 0.15) is 135 Å². The summed E-state index contributed by atoms with van der Waals surface area (Å²) in [7, 11) is 0. The Hall–Kier alpha value is -3.03. The summed E-state index contributed by atoms with van der Waals surface area (Å²) in [6.45, 7) is -3.34. The lowest BCUT2D eigenvalue weighted by molar-refractivity contribution is -0.374. The van der Waals surface area contributed by atoms with Gasteiger partial charge in [0, 0.05) is 6.54 Å². The van der Waals surface area contributed by atoms with Crippen LogP contribution in [0.2, 0.25) is 0 Å². The second-order valence-electron chi connectivity index (χ2n) is 19.0. The van der Waals surface area contributed by atoms with Gasteiger partial charge in [0.25, 0.3) is 0 Å². The van der Waals surface area contributed by atoms with Crippen LogP contribution in [0.15, 0.2) is 24.3 Å². The van der Waals surface area contributed by atoms with E-state index in [1.165, 1.54) is 17.2 Å². The number of hydrogen-bond donors (Lipinski definition) is 18. The predicted octanol–water partition coefficient (Wildman–Crippen LogP) is -10.8. The molecule has 0 amide bonds. The summed E-state index contributed by atoms with van der Waals surface area (Å²) >= 11 is 0. The van der Waals surface area contributed by atoms with Gasteiger partial charge in [-0.15, -0.1) is 0 Å². The molecular formula is C43H67N5O28. The van der Waals surface area contributed by atoms with Gasteiger partial charge < -0.3 is 144 Å². The van der Waals surface area contributed by atoms with Gasteiger partial charge in [-0.1, -0.05) is 6.08 Å². The topological polar surface area (TPSA) is 501 Å². The molecule has 0 saturated carbocycles. The molecular weight excluding hydrogens is 1030 g/mol. The van der Waals surface area contributed by atoms with E-state index >= 15 is 0 Å². The normalized spacial score (nSPS) is 45.3. The van der Waals surface area contributed by atoms with Crippen molar-refractivity contribution in [2.45, 2.75) is 173 Å². The average Bonchev–Trinajstić information content (AvgIpc) is 4.16. The molecule has 0 aliphatic carbocycles. The van der Waals surface area contributed by atoms with Gasteiger partial charge in [-0.25, -0.2) is 15.0 Å². The molecule has 18 N–H and O–H groups in total. The van der Waals surface area contributed by atoms with Crippen molar-refractivity contribution in [1.29, 1.82) is 0 Å². The number of nitrogens with zero attached hydrogens (tertiary/aromatic N) is 4. The predicted molar refractivity (Wildman–Crippen MR) is 239 cm³/mol. The molecule has 6 aliphatic heterocycles. The summed E-state index contributed by atoms with van der Waals surface area (Å²) in [5.41, 5.74) is 1.05. The number of aliphatic hydroxyl groups is 17. The van der Waals surface area contributed by atoms with Crippen molar-refractivity contribution in [3.05, 3.63) is 24.3 Å². The Balaban J connectivity index is 0.973. The first-order valence-corrected chi connectivity index (χ1v) is 24.3. The Kier molecular flexibility index (Phi) is 19.9. The summed E-state index contributed by atoms with van der Waals surface area (Å²) in [4.78, 5) is 12.8. The first-order valence-electron chi connectivity index (χ1n) is 24.3. The lowest BCUT2D eigenvalue weighted by atomic mass is 9.97. The lowest BCUT2D eigenvalue weighted by Crippen LogP contribution is -2.65. The molecule has 0 aromatic carbocycles. The molecule has 33 heteroatoms. The van der Waals surface area contributed by atoms with Gasteiger partial charge in [0.15, 0.2) is 54.7 Å². The Morgan fingerprint density at radius 2 is 0.947 bits per heavy atom. The Labute approximate surface area is 430 Å². The smallest absolute Gasteiger partial charge is 0.187 e. The largest absolute Gasteiger partial charge is 0.394 e. The van der Waals surface area contributed by atoms with Crippen LogP contribution >= 0.6 is 0 Å². The molecule has 76 heavy (non-hydrogen) atoms. The van der Waals surface area contributed by atoms with Crippen LogP contribution in [-0.2, 0) is 52.1 Å². The zero-order chi connectivity index (χ0) is 54.9. The number of aliphatic hydroxyl groups excluding tert-OH is 17. The highest BCUT2D eigenvalue weighted by Gasteiger charge is 2.57. The molecule has 432 valence electrons. The van der Waals surface area contributed by atoms with Crippen LogP contribution in [0.25, 0.3) is 11.2 Å². The molecule has 2 aromatic heterocycles. The van der Waals surface area contributed by atoms with Crippen molar-refractivity contribution in [3.63, 3.8) is 0 Å². The van der Waals surface area contributed by atoms with Crippen LogP contribution in [0, 0.1) is 0 Å². The molecule has 0 unspecified atom stereocenters. The van der Waals surface area contributed by atoms with Crippen LogP contribution < -0.4 is 5.32 Å². The number of hydrogen-bond acceptors (Lipinski definition) is 32. The molecule has 8 heterocycles. The highest BCUT2D eigenvalue weighted by molar-refractivity contribution is 5.82. The SMILES string of the molecule is C/C(=C\CNc1ncnc2c1ncn2[C@@H]1O[C@H](CO)[C@@H](O)[C@H]1O)CO[C@@H]1O[C@H](CO)[C@H](O[C@@H]2O[C@H](CO)[C@@H](O)[C@@H]2O)[C@H](O[C@@H]2O[C@H](CO)[C@@H](O[C@@H]3O[C@H](CO)[C@H](O)[C@H](O)[C@H]3O[C@@H]3O[C@H](CO)[C@H](O)[C@H](O)[C@H]3O)[C@@H]2O)[C@H]1O. The number of ether oxygens (including phenoxy) is 11. The van der Waals surface area contributed by atoms with E-state index in [0.29, 0.717) is 5.57 Å². The van der Waals surface area contributed by atoms with Crippen molar-refractivity contribution >= 4 is 17.0 Å². The maximum Gasteiger partial charge on any atom is 0.187 e. The third kappa shape index (κ3) is 11.9. The second-order valence-corrected chi connectivity index (χ2v) is 19.0. The van der Waals surface area contributed by atoms with Gasteiger partial charge in [-0.3, -0.25) is 4.57 Å². The molecule has 27 atom stereocenters. The summed E-state index contributed by atoms with van der Waals surface area (Å²) in [6, 6.07) is 0. The van der Waals surface area contributed by atoms with Crippen LogP contribution in [0.5, 0.6) is 0 Å². The number of rotatable bonds is 21. The lowest BCUT2D eigenvalue weighted by Gasteiger charge is -2.46. The molecule has 0 radical (unpaired) electrons. The van der Waals surface area contributed by atoms with E-state index < -0.39 is 206 Å². The summed E-state index contributed by atoms with van der Waals surface area (Å²) in [5.74, 6) is 0.267. The first-order chi connectivity index (χ1) is 36.4. The third-order valence-corrected chi connectivity index (χ3v) is 13.9. The third-order valence-electron chi connectivity index (χ3n) is 13.9.